The van der Waals surface area contributed by atoms with Gasteiger partial charge >= 0.3 is 5.76 Å². The van der Waals surface area contributed by atoms with Crippen LogP contribution in [0.2, 0.25) is 0 Å². The number of rotatable bonds is 3. The van der Waals surface area contributed by atoms with Crippen molar-refractivity contribution < 1.29 is 14.1 Å². The summed E-state index contributed by atoms with van der Waals surface area (Å²) in [7, 11) is 0. The molecule has 4 rings (SSSR count). The third-order valence-electron chi connectivity index (χ3n) is 5.06. The summed E-state index contributed by atoms with van der Waals surface area (Å²) in [6.45, 7) is 1.06. The van der Waals surface area contributed by atoms with Crippen LogP contribution >= 0.6 is 0 Å². The number of hydrogen-bond donors (Lipinski definition) is 0. The lowest BCUT2D eigenvalue weighted by Gasteiger charge is -2.43. The molecule has 1 aliphatic heterocycles. The Hall–Kier alpha value is -2.41. The van der Waals surface area contributed by atoms with Crippen LogP contribution in [0.15, 0.2) is 39.6 Å². The first-order valence-electron chi connectivity index (χ1n) is 8.77. The van der Waals surface area contributed by atoms with E-state index >= 15 is 0 Å². The fourth-order valence-corrected chi connectivity index (χ4v) is 3.83. The molecule has 25 heavy (non-hydrogen) atoms. The minimum atomic E-state index is -0.611. The molecular formula is C18H21N3O4. The quantitative estimate of drug-likeness (QED) is 0.847. The first kappa shape index (κ1) is 16.1. The number of aromatic nitrogens is 2. The molecule has 0 unspecified atom stereocenters. The summed E-state index contributed by atoms with van der Waals surface area (Å²) >= 11 is 0. The van der Waals surface area contributed by atoms with E-state index in [9.17, 15) is 9.59 Å². The molecule has 0 N–H and O–H groups in total. The molecule has 7 heteroatoms. The number of ether oxygens (including phenoxy) is 1. The Kier molecular flexibility index (Phi) is 4.40. The molecule has 1 saturated carbocycles. The van der Waals surface area contributed by atoms with Gasteiger partial charge in [-0.15, -0.1) is 0 Å². The zero-order valence-corrected chi connectivity index (χ0v) is 14.0. The topological polar surface area (TPSA) is 77.6 Å². The predicted octanol–water partition coefficient (Wildman–Crippen LogP) is 1.67. The SMILES string of the molecule is O=C(Cn1c(-c2ccccc2)noc1=O)N1CCO[C@H]2CCCC[C@H]21. The smallest absolute Gasteiger partial charge is 0.374 e. The number of fused-ring (bicyclic) bond motifs is 1. The average molecular weight is 343 g/mol. The molecule has 0 spiro atoms. The largest absolute Gasteiger partial charge is 0.442 e. The van der Waals surface area contributed by atoms with Gasteiger partial charge in [0.05, 0.1) is 18.8 Å². The van der Waals surface area contributed by atoms with E-state index < -0.39 is 5.76 Å². The molecule has 2 aliphatic rings. The van der Waals surface area contributed by atoms with E-state index in [1.54, 1.807) is 0 Å². The third-order valence-corrected chi connectivity index (χ3v) is 5.06. The van der Waals surface area contributed by atoms with Crippen molar-refractivity contribution in [1.82, 2.24) is 14.6 Å². The number of amides is 1. The normalized spacial score (nSPS) is 23.3. The van der Waals surface area contributed by atoms with E-state index in [-0.39, 0.29) is 24.6 Å². The number of benzene rings is 1. The van der Waals surface area contributed by atoms with Gasteiger partial charge in [0.15, 0.2) is 5.82 Å². The van der Waals surface area contributed by atoms with Crippen molar-refractivity contribution in [1.29, 1.82) is 0 Å². The van der Waals surface area contributed by atoms with Gasteiger partial charge in [-0.25, -0.2) is 9.36 Å². The number of nitrogens with zero attached hydrogens (tertiary/aromatic N) is 3. The van der Waals surface area contributed by atoms with Crippen LogP contribution in [0.25, 0.3) is 11.4 Å². The van der Waals surface area contributed by atoms with Crippen LogP contribution in [0.3, 0.4) is 0 Å². The van der Waals surface area contributed by atoms with Gasteiger partial charge < -0.3 is 9.64 Å². The number of hydrogen-bond acceptors (Lipinski definition) is 5. The highest BCUT2D eigenvalue weighted by molar-refractivity contribution is 5.77. The summed E-state index contributed by atoms with van der Waals surface area (Å²) in [6.07, 6.45) is 4.33. The Balaban J connectivity index is 1.57. The third kappa shape index (κ3) is 3.11. The summed E-state index contributed by atoms with van der Waals surface area (Å²) in [4.78, 5) is 26.8. The first-order valence-corrected chi connectivity index (χ1v) is 8.77. The van der Waals surface area contributed by atoms with Crippen molar-refractivity contribution in [3.8, 4) is 11.4 Å². The van der Waals surface area contributed by atoms with E-state index in [0.717, 1.165) is 31.2 Å². The van der Waals surface area contributed by atoms with Gasteiger partial charge in [0.2, 0.25) is 5.91 Å². The maximum absolute atomic E-state index is 12.9. The highest BCUT2D eigenvalue weighted by Gasteiger charge is 2.37. The fraction of sp³-hybridized carbons (Fsp3) is 0.500. The zero-order chi connectivity index (χ0) is 17.2. The molecule has 2 atom stereocenters. The van der Waals surface area contributed by atoms with Crippen molar-refractivity contribution in [2.75, 3.05) is 13.2 Å². The van der Waals surface area contributed by atoms with Crippen LogP contribution in [0.1, 0.15) is 25.7 Å². The van der Waals surface area contributed by atoms with Crippen LogP contribution in [0.5, 0.6) is 0 Å². The Bertz CT molecular complexity index is 796. The van der Waals surface area contributed by atoms with Crippen LogP contribution in [0.4, 0.5) is 0 Å². The summed E-state index contributed by atoms with van der Waals surface area (Å²) in [5, 5.41) is 3.85. The lowest BCUT2D eigenvalue weighted by Crippen LogP contribution is -2.55. The molecule has 132 valence electrons. The van der Waals surface area contributed by atoms with Gasteiger partial charge in [0.25, 0.3) is 0 Å². The maximum atomic E-state index is 12.9. The number of morpholine rings is 1. The minimum absolute atomic E-state index is 0.0597. The molecule has 1 amide bonds. The standard InChI is InChI=1S/C18H21N3O4/c22-16(20-10-11-24-15-9-5-4-8-14(15)20)12-21-17(19-25-18(21)23)13-6-2-1-3-7-13/h1-3,6-7,14-15H,4-5,8-12H2/t14-,15+/m1/s1. The van der Waals surface area contributed by atoms with Gasteiger partial charge in [0.1, 0.15) is 6.54 Å². The Labute approximate surface area is 145 Å². The van der Waals surface area contributed by atoms with Crippen molar-refractivity contribution in [2.24, 2.45) is 0 Å². The van der Waals surface area contributed by atoms with Gasteiger partial charge in [-0.3, -0.25) is 9.32 Å². The van der Waals surface area contributed by atoms with Crippen LogP contribution < -0.4 is 5.76 Å². The average Bonchev–Trinajstić information content (AvgIpc) is 3.02. The maximum Gasteiger partial charge on any atom is 0.442 e. The summed E-state index contributed by atoms with van der Waals surface area (Å²) in [5.74, 6) is -0.309. The molecular weight excluding hydrogens is 322 g/mol. The highest BCUT2D eigenvalue weighted by Crippen LogP contribution is 2.28. The highest BCUT2D eigenvalue weighted by atomic mass is 16.5. The second-order valence-electron chi connectivity index (χ2n) is 6.57. The molecule has 1 aromatic heterocycles. The molecule has 1 saturated heterocycles. The van der Waals surface area contributed by atoms with Crippen molar-refractivity contribution >= 4 is 5.91 Å². The van der Waals surface area contributed by atoms with Crippen LogP contribution in [-0.2, 0) is 16.1 Å². The molecule has 2 heterocycles. The van der Waals surface area contributed by atoms with Crippen LogP contribution in [0, 0.1) is 0 Å². The second kappa shape index (κ2) is 6.84. The lowest BCUT2D eigenvalue weighted by molar-refractivity contribution is -0.150. The van der Waals surface area contributed by atoms with Crippen molar-refractivity contribution in [3.63, 3.8) is 0 Å². The summed E-state index contributed by atoms with van der Waals surface area (Å²) < 4.78 is 11.9. The first-order chi connectivity index (χ1) is 12.2. The van der Waals surface area contributed by atoms with Crippen LogP contribution in [-0.4, -0.2) is 45.8 Å². The van der Waals surface area contributed by atoms with E-state index in [1.807, 2.05) is 35.2 Å². The minimum Gasteiger partial charge on any atom is -0.374 e. The van der Waals surface area contributed by atoms with Gasteiger partial charge in [0, 0.05) is 12.1 Å². The van der Waals surface area contributed by atoms with Gasteiger partial charge in [-0.05, 0) is 12.8 Å². The van der Waals surface area contributed by atoms with E-state index in [0.29, 0.717) is 19.0 Å². The van der Waals surface area contributed by atoms with E-state index in [4.69, 9.17) is 9.26 Å². The number of carbonyl (C=O) groups excluding carboxylic acids is 1. The Morgan fingerprint density at radius 3 is 2.84 bits per heavy atom. The number of carbonyl (C=O) groups is 1. The molecule has 7 nitrogen and oxygen atoms in total. The summed E-state index contributed by atoms with van der Waals surface area (Å²) in [5.41, 5.74) is 0.749. The second-order valence-corrected chi connectivity index (χ2v) is 6.57. The molecule has 1 aromatic carbocycles. The molecule has 2 fully saturated rings. The predicted molar refractivity (Wildman–Crippen MR) is 89.9 cm³/mol. The van der Waals surface area contributed by atoms with Gasteiger partial charge in [-0.2, -0.15) is 0 Å². The molecule has 0 radical (unpaired) electrons. The van der Waals surface area contributed by atoms with Gasteiger partial charge in [-0.1, -0.05) is 48.3 Å². The molecule has 2 aromatic rings. The van der Waals surface area contributed by atoms with E-state index in [2.05, 4.69) is 5.16 Å². The monoisotopic (exact) mass is 343 g/mol. The molecule has 0 bridgehead atoms. The van der Waals surface area contributed by atoms with Crippen molar-refractivity contribution in [3.05, 3.63) is 40.9 Å². The van der Waals surface area contributed by atoms with Crippen molar-refractivity contribution in [2.45, 2.75) is 44.4 Å². The zero-order valence-electron chi connectivity index (χ0n) is 14.0. The van der Waals surface area contributed by atoms with E-state index in [1.165, 1.54) is 4.57 Å². The molecule has 1 aliphatic carbocycles. The fourth-order valence-electron chi connectivity index (χ4n) is 3.83. The Morgan fingerprint density at radius 1 is 1.20 bits per heavy atom. The Morgan fingerprint density at radius 2 is 2.00 bits per heavy atom. The summed E-state index contributed by atoms with van der Waals surface area (Å²) in [6, 6.07) is 9.39. The lowest BCUT2D eigenvalue weighted by atomic mass is 9.90.